The Bertz CT molecular complexity index is 226. The van der Waals surface area contributed by atoms with Crippen LogP contribution in [0.4, 0.5) is 0 Å². The molecule has 0 aromatic rings. The molecule has 0 fully saturated rings. The van der Waals surface area contributed by atoms with Gasteiger partial charge in [0.1, 0.15) is 0 Å². The maximum Gasteiger partial charge on any atom is 0.0527 e. The van der Waals surface area contributed by atoms with Crippen molar-refractivity contribution in [2.24, 2.45) is 4.99 Å². The molecule has 1 nitrogen and oxygen atoms in total. The van der Waals surface area contributed by atoms with Gasteiger partial charge in [-0.3, -0.25) is 4.99 Å². The molecule has 1 heteroatoms. The van der Waals surface area contributed by atoms with E-state index in [-0.39, 0.29) is 5.54 Å². The van der Waals surface area contributed by atoms with Crippen molar-refractivity contribution in [2.45, 2.75) is 60.4 Å². The van der Waals surface area contributed by atoms with Gasteiger partial charge in [-0.25, -0.2) is 0 Å². The highest BCUT2D eigenvalue weighted by molar-refractivity contribution is 5.98. The lowest BCUT2D eigenvalue weighted by molar-refractivity contribution is 0.583. The van der Waals surface area contributed by atoms with Crippen molar-refractivity contribution >= 4 is 5.71 Å². The predicted molar refractivity (Wildman–Crippen MR) is 61.5 cm³/mol. The molecule has 0 atom stereocenters. The lowest BCUT2D eigenvalue weighted by Gasteiger charge is -2.15. The Hall–Kier alpha value is -0.590. The molecule has 13 heavy (non-hydrogen) atoms. The van der Waals surface area contributed by atoms with E-state index in [0.29, 0.717) is 0 Å². The summed E-state index contributed by atoms with van der Waals surface area (Å²) in [4.78, 5) is 4.64. The summed E-state index contributed by atoms with van der Waals surface area (Å²) in [5, 5.41) is 0. The highest BCUT2D eigenvalue weighted by Crippen LogP contribution is 2.13. The molecular weight excluding hydrogens is 158 g/mol. The summed E-state index contributed by atoms with van der Waals surface area (Å²) in [6.07, 6.45) is 1.11. The first-order valence-corrected chi connectivity index (χ1v) is 5.01. The van der Waals surface area contributed by atoms with Gasteiger partial charge in [0.2, 0.25) is 0 Å². The van der Waals surface area contributed by atoms with Gasteiger partial charge in [-0.1, -0.05) is 12.5 Å². The fourth-order valence-corrected chi connectivity index (χ4v) is 1.16. The van der Waals surface area contributed by atoms with Gasteiger partial charge in [0.25, 0.3) is 0 Å². The largest absolute Gasteiger partial charge is 0.284 e. The number of hydrogen-bond acceptors (Lipinski definition) is 1. The van der Waals surface area contributed by atoms with Crippen LogP contribution in [0.5, 0.6) is 0 Å². The number of allylic oxidation sites excluding steroid dienone is 2. The Morgan fingerprint density at radius 1 is 1.08 bits per heavy atom. The number of aliphatic imine (C=N–C) groups is 1. The molecule has 0 radical (unpaired) electrons. The molecule has 0 unspecified atom stereocenters. The topological polar surface area (TPSA) is 12.4 Å². The molecule has 0 rings (SSSR count). The zero-order valence-corrected chi connectivity index (χ0v) is 10.2. The Morgan fingerprint density at radius 3 is 1.85 bits per heavy atom. The highest BCUT2D eigenvalue weighted by atomic mass is 14.8. The van der Waals surface area contributed by atoms with Gasteiger partial charge in [-0.15, -0.1) is 0 Å². The van der Waals surface area contributed by atoms with Crippen LogP contribution in [0, 0.1) is 0 Å². The van der Waals surface area contributed by atoms with Crippen molar-refractivity contribution in [3.63, 3.8) is 0 Å². The van der Waals surface area contributed by atoms with Crippen molar-refractivity contribution in [2.75, 3.05) is 0 Å². The van der Waals surface area contributed by atoms with Crippen molar-refractivity contribution in [1.29, 1.82) is 0 Å². The van der Waals surface area contributed by atoms with Gasteiger partial charge in [-0.2, -0.15) is 0 Å². The molecule has 0 saturated carbocycles. The van der Waals surface area contributed by atoms with Crippen LogP contribution in [-0.4, -0.2) is 11.3 Å². The van der Waals surface area contributed by atoms with E-state index in [1.807, 2.05) is 0 Å². The fourth-order valence-electron chi connectivity index (χ4n) is 1.16. The van der Waals surface area contributed by atoms with Crippen molar-refractivity contribution < 1.29 is 0 Å². The molecule has 0 aliphatic heterocycles. The normalized spacial score (nSPS) is 15.8. The molecule has 0 saturated heterocycles. The summed E-state index contributed by atoms with van der Waals surface area (Å²) in [7, 11) is 0. The van der Waals surface area contributed by atoms with E-state index in [4.69, 9.17) is 0 Å². The second-order valence-electron chi connectivity index (χ2n) is 4.63. The molecule has 76 valence electrons. The van der Waals surface area contributed by atoms with E-state index in [9.17, 15) is 0 Å². The molecule has 0 bridgehead atoms. The highest BCUT2D eigenvalue weighted by Gasteiger charge is 2.08. The summed E-state index contributed by atoms with van der Waals surface area (Å²) in [6, 6.07) is 0. The van der Waals surface area contributed by atoms with Gasteiger partial charge < -0.3 is 0 Å². The summed E-state index contributed by atoms with van der Waals surface area (Å²) < 4.78 is 0. The Balaban J connectivity index is 4.81. The lowest BCUT2D eigenvalue weighted by atomic mass is 10.0. The molecule has 0 aliphatic carbocycles. The summed E-state index contributed by atoms with van der Waals surface area (Å²) >= 11 is 0. The van der Waals surface area contributed by atoms with Crippen molar-refractivity contribution in [1.82, 2.24) is 0 Å². The Kier molecular flexibility index (Phi) is 4.38. The minimum atomic E-state index is 0.0410. The average molecular weight is 181 g/mol. The SMILES string of the molecule is CC/C(C)=C(\C)C(C)=NC(C)(C)C. The first-order valence-electron chi connectivity index (χ1n) is 5.01. The Labute approximate surface area is 83.0 Å². The quantitative estimate of drug-likeness (QED) is 0.571. The van der Waals surface area contributed by atoms with Gasteiger partial charge in [0.05, 0.1) is 5.54 Å². The van der Waals surface area contributed by atoms with Crippen molar-refractivity contribution in [3.8, 4) is 0 Å². The second-order valence-corrected chi connectivity index (χ2v) is 4.63. The van der Waals surface area contributed by atoms with Gasteiger partial charge in [0, 0.05) is 5.71 Å². The van der Waals surface area contributed by atoms with Crippen LogP contribution in [0.25, 0.3) is 0 Å². The summed E-state index contributed by atoms with van der Waals surface area (Å²) in [5.41, 5.74) is 3.99. The molecule has 0 aromatic heterocycles. The maximum atomic E-state index is 4.64. The van der Waals surface area contributed by atoms with Crippen LogP contribution < -0.4 is 0 Å². The van der Waals surface area contributed by atoms with Crippen LogP contribution >= 0.6 is 0 Å². The summed E-state index contributed by atoms with van der Waals surface area (Å²) in [5.74, 6) is 0. The first kappa shape index (κ1) is 12.4. The number of hydrogen-bond donors (Lipinski definition) is 0. The van der Waals surface area contributed by atoms with E-state index in [1.165, 1.54) is 16.9 Å². The molecular formula is C12H23N. The van der Waals surface area contributed by atoms with Crippen LogP contribution in [0.15, 0.2) is 16.1 Å². The van der Waals surface area contributed by atoms with Crippen molar-refractivity contribution in [3.05, 3.63) is 11.1 Å². The molecule has 0 heterocycles. The minimum Gasteiger partial charge on any atom is -0.284 e. The zero-order valence-electron chi connectivity index (χ0n) is 10.2. The van der Waals surface area contributed by atoms with Gasteiger partial charge in [-0.05, 0) is 53.5 Å². The number of rotatable bonds is 2. The summed E-state index contributed by atoms with van der Waals surface area (Å²) in [6.45, 7) is 15.0. The van der Waals surface area contributed by atoms with Crippen LogP contribution in [-0.2, 0) is 0 Å². The predicted octanol–water partition coefficient (Wildman–Crippen LogP) is 3.99. The maximum absolute atomic E-state index is 4.64. The van der Waals surface area contributed by atoms with Gasteiger partial charge in [0.15, 0.2) is 0 Å². The van der Waals surface area contributed by atoms with E-state index < -0.39 is 0 Å². The smallest absolute Gasteiger partial charge is 0.0527 e. The minimum absolute atomic E-state index is 0.0410. The Morgan fingerprint density at radius 2 is 1.54 bits per heavy atom. The molecule has 0 aliphatic rings. The molecule has 0 N–H and O–H groups in total. The molecule has 0 amide bonds. The molecule has 0 aromatic carbocycles. The third-order valence-corrected chi connectivity index (χ3v) is 2.22. The van der Waals surface area contributed by atoms with E-state index in [1.54, 1.807) is 0 Å². The van der Waals surface area contributed by atoms with E-state index in [0.717, 1.165) is 6.42 Å². The third kappa shape index (κ3) is 4.87. The molecule has 0 spiro atoms. The fraction of sp³-hybridized carbons (Fsp3) is 0.750. The van der Waals surface area contributed by atoms with Gasteiger partial charge >= 0.3 is 0 Å². The van der Waals surface area contributed by atoms with E-state index >= 15 is 0 Å². The monoisotopic (exact) mass is 181 g/mol. The number of nitrogens with zero attached hydrogens (tertiary/aromatic N) is 1. The van der Waals surface area contributed by atoms with Crippen LogP contribution in [0.1, 0.15) is 54.9 Å². The van der Waals surface area contributed by atoms with Crippen LogP contribution in [0.2, 0.25) is 0 Å². The van der Waals surface area contributed by atoms with Crippen LogP contribution in [0.3, 0.4) is 0 Å². The average Bonchev–Trinajstić information content (AvgIpc) is 1.98. The zero-order chi connectivity index (χ0) is 10.6. The second kappa shape index (κ2) is 4.59. The van der Waals surface area contributed by atoms with E-state index in [2.05, 4.69) is 53.5 Å². The standard InChI is InChI=1S/C12H23N/c1-8-9(2)10(3)11(4)13-12(5,6)7/h8H2,1-7H3/b10-9+,13-11?. The first-order chi connectivity index (χ1) is 5.78. The third-order valence-electron chi connectivity index (χ3n) is 2.22. The lowest BCUT2D eigenvalue weighted by Crippen LogP contribution is -2.13.